The SMILES string of the molecule is CCc1ccccc1-n1nnc(C(=O)O)c1/C=C/c1ccccc1. The van der Waals surface area contributed by atoms with Crippen LogP contribution in [0.25, 0.3) is 17.8 Å². The van der Waals surface area contributed by atoms with Crippen molar-refractivity contribution in [1.82, 2.24) is 15.0 Å². The van der Waals surface area contributed by atoms with Crippen molar-refractivity contribution in [3.63, 3.8) is 0 Å². The molecule has 0 unspecified atom stereocenters. The van der Waals surface area contributed by atoms with Gasteiger partial charge in [0.25, 0.3) is 0 Å². The van der Waals surface area contributed by atoms with Crippen LogP contribution in [0, 0.1) is 0 Å². The molecule has 0 aliphatic heterocycles. The zero-order chi connectivity index (χ0) is 16.9. The Morgan fingerprint density at radius 1 is 1.08 bits per heavy atom. The Labute approximate surface area is 139 Å². The molecule has 0 saturated carbocycles. The van der Waals surface area contributed by atoms with Gasteiger partial charge in [-0.3, -0.25) is 0 Å². The van der Waals surface area contributed by atoms with E-state index in [0.717, 1.165) is 23.2 Å². The Morgan fingerprint density at radius 2 is 1.79 bits per heavy atom. The van der Waals surface area contributed by atoms with Crippen LogP contribution in [-0.2, 0) is 6.42 Å². The van der Waals surface area contributed by atoms with Gasteiger partial charge in [-0.15, -0.1) is 5.10 Å². The Kier molecular flexibility index (Phi) is 4.52. The summed E-state index contributed by atoms with van der Waals surface area (Å²) in [5.41, 5.74) is 3.28. The molecule has 1 aromatic heterocycles. The lowest BCUT2D eigenvalue weighted by Gasteiger charge is -2.08. The summed E-state index contributed by atoms with van der Waals surface area (Å²) in [5, 5.41) is 17.3. The lowest BCUT2D eigenvalue weighted by molar-refractivity contribution is 0.0690. The summed E-state index contributed by atoms with van der Waals surface area (Å²) >= 11 is 0. The molecule has 0 saturated heterocycles. The maximum absolute atomic E-state index is 11.5. The number of rotatable bonds is 5. The summed E-state index contributed by atoms with van der Waals surface area (Å²) in [4.78, 5) is 11.5. The number of para-hydroxylation sites is 1. The molecule has 0 aliphatic carbocycles. The molecule has 0 spiro atoms. The highest BCUT2D eigenvalue weighted by molar-refractivity contribution is 5.90. The first kappa shape index (κ1) is 15.7. The lowest BCUT2D eigenvalue weighted by atomic mass is 10.1. The number of carboxylic acid groups (broad SMARTS) is 1. The number of aromatic nitrogens is 3. The topological polar surface area (TPSA) is 68.0 Å². The highest BCUT2D eigenvalue weighted by atomic mass is 16.4. The molecule has 1 heterocycles. The lowest BCUT2D eigenvalue weighted by Crippen LogP contribution is -2.05. The third-order valence-electron chi connectivity index (χ3n) is 3.74. The second-order valence-electron chi connectivity index (χ2n) is 5.27. The molecule has 3 aromatic rings. The summed E-state index contributed by atoms with van der Waals surface area (Å²) in [6.07, 6.45) is 4.42. The van der Waals surface area contributed by atoms with E-state index in [2.05, 4.69) is 10.3 Å². The average Bonchev–Trinajstić information content (AvgIpc) is 3.04. The Hall–Kier alpha value is -3.21. The van der Waals surface area contributed by atoms with Gasteiger partial charge in [0, 0.05) is 0 Å². The van der Waals surface area contributed by atoms with Gasteiger partial charge in [0.1, 0.15) is 5.69 Å². The number of carbonyl (C=O) groups is 1. The molecule has 0 aliphatic rings. The molecule has 5 nitrogen and oxygen atoms in total. The summed E-state index contributed by atoms with van der Waals surface area (Å²) < 4.78 is 1.59. The Morgan fingerprint density at radius 3 is 2.50 bits per heavy atom. The minimum atomic E-state index is -1.09. The summed E-state index contributed by atoms with van der Waals surface area (Å²) in [5.74, 6) is -1.09. The quantitative estimate of drug-likeness (QED) is 0.778. The molecule has 5 heteroatoms. The molecule has 24 heavy (non-hydrogen) atoms. The molecular weight excluding hydrogens is 302 g/mol. The molecule has 120 valence electrons. The van der Waals surface area contributed by atoms with Crippen molar-refractivity contribution >= 4 is 18.1 Å². The predicted octanol–water partition coefficient (Wildman–Crippen LogP) is 3.70. The van der Waals surface area contributed by atoms with Crippen LogP contribution in [0.2, 0.25) is 0 Å². The van der Waals surface area contributed by atoms with E-state index >= 15 is 0 Å². The van der Waals surface area contributed by atoms with Gasteiger partial charge in [0.05, 0.1) is 5.69 Å². The van der Waals surface area contributed by atoms with Crippen LogP contribution >= 0.6 is 0 Å². The Bertz CT molecular complexity index is 883. The van der Waals surface area contributed by atoms with Crippen LogP contribution in [0.3, 0.4) is 0 Å². The molecule has 0 atom stereocenters. The van der Waals surface area contributed by atoms with Gasteiger partial charge in [-0.2, -0.15) is 0 Å². The van der Waals surface area contributed by atoms with Gasteiger partial charge in [0.15, 0.2) is 5.69 Å². The number of benzene rings is 2. The molecule has 1 N–H and O–H groups in total. The number of aromatic carboxylic acids is 1. The van der Waals surface area contributed by atoms with Crippen LogP contribution in [0.5, 0.6) is 0 Å². The maximum Gasteiger partial charge on any atom is 0.358 e. The number of nitrogens with zero attached hydrogens (tertiary/aromatic N) is 3. The van der Waals surface area contributed by atoms with Crippen molar-refractivity contribution in [2.24, 2.45) is 0 Å². The molecule has 0 fully saturated rings. The van der Waals surface area contributed by atoms with E-state index in [-0.39, 0.29) is 5.69 Å². The van der Waals surface area contributed by atoms with Gasteiger partial charge >= 0.3 is 5.97 Å². The number of carboxylic acids is 1. The van der Waals surface area contributed by atoms with Gasteiger partial charge in [-0.05, 0) is 29.7 Å². The van der Waals surface area contributed by atoms with Gasteiger partial charge in [-0.25, -0.2) is 9.48 Å². The first-order valence-electron chi connectivity index (χ1n) is 7.71. The summed E-state index contributed by atoms with van der Waals surface area (Å²) in [6, 6.07) is 17.5. The third kappa shape index (κ3) is 3.10. The monoisotopic (exact) mass is 319 g/mol. The molecular formula is C19H17N3O2. The van der Waals surface area contributed by atoms with E-state index in [9.17, 15) is 9.90 Å². The average molecular weight is 319 g/mol. The van der Waals surface area contributed by atoms with E-state index in [1.807, 2.05) is 67.6 Å². The second kappa shape index (κ2) is 6.91. The van der Waals surface area contributed by atoms with Gasteiger partial charge in [-0.1, -0.05) is 66.7 Å². The minimum Gasteiger partial charge on any atom is -0.476 e. The van der Waals surface area contributed by atoms with E-state index in [0.29, 0.717) is 5.69 Å². The van der Waals surface area contributed by atoms with E-state index < -0.39 is 5.97 Å². The zero-order valence-electron chi connectivity index (χ0n) is 13.3. The minimum absolute atomic E-state index is 0.0620. The van der Waals surface area contributed by atoms with E-state index in [1.54, 1.807) is 10.8 Å². The fourth-order valence-corrected chi connectivity index (χ4v) is 2.52. The molecule has 0 radical (unpaired) electrons. The fraction of sp³-hybridized carbons (Fsp3) is 0.105. The van der Waals surface area contributed by atoms with Crippen molar-refractivity contribution in [3.05, 3.63) is 77.1 Å². The van der Waals surface area contributed by atoms with E-state index in [1.165, 1.54) is 0 Å². The molecule has 0 amide bonds. The molecule has 3 rings (SSSR count). The maximum atomic E-state index is 11.5. The summed E-state index contributed by atoms with van der Waals surface area (Å²) in [7, 11) is 0. The summed E-state index contributed by atoms with van der Waals surface area (Å²) in [6.45, 7) is 2.05. The van der Waals surface area contributed by atoms with E-state index in [4.69, 9.17) is 0 Å². The number of hydrogen-bond donors (Lipinski definition) is 1. The fourth-order valence-electron chi connectivity index (χ4n) is 2.52. The van der Waals surface area contributed by atoms with Crippen LogP contribution in [-0.4, -0.2) is 26.1 Å². The second-order valence-corrected chi connectivity index (χ2v) is 5.27. The highest BCUT2D eigenvalue weighted by Gasteiger charge is 2.19. The normalized spacial score (nSPS) is 11.0. The molecule has 0 bridgehead atoms. The van der Waals surface area contributed by atoms with Crippen molar-refractivity contribution in [3.8, 4) is 5.69 Å². The van der Waals surface area contributed by atoms with Crippen molar-refractivity contribution < 1.29 is 9.90 Å². The van der Waals surface area contributed by atoms with Crippen LogP contribution in [0.1, 0.15) is 34.2 Å². The van der Waals surface area contributed by atoms with Crippen molar-refractivity contribution in [2.45, 2.75) is 13.3 Å². The van der Waals surface area contributed by atoms with Crippen molar-refractivity contribution in [2.75, 3.05) is 0 Å². The number of hydrogen-bond acceptors (Lipinski definition) is 3. The zero-order valence-corrected chi connectivity index (χ0v) is 13.3. The Balaban J connectivity index is 2.11. The smallest absolute Gasteiger partial charge is 0.358 e. The van der Waals surface area contributed by atoms with Crippen molar-refractivity contribution in [1.29, 1.82) is 0 Å². The van der Waals surface area contributed by atoms with Crippen LogP contribution in [0.4, 0.5) is 0 Å². The van der Waals surface area contributed by atoms with Gasteiger partial charge < -0.3 is 5.11 Å². The third-order valence-corrected chi connectivity index (χ3v) is 3.74. The van der Waals surface area contributed by atoms with Crippen LogP contribution in [0.15, 0.2) is 54.6 Å². The largest absolute Gasteiger partial charge is 0.476 e. The van der Waals surface area contributed by atoms with Gasteiger partial charge in [0.2, 0.25) is 0 Å². The molecule has 2 aromatic carbocycles. The first-order valence-corrected chi connectivity index (χ1v) is 7.71. The van der Waals surface area contributed by atoms with Crippen LogP contribution < -0.4 is 0 Å². The predicted molar refractivity (Wildman–Crippen MR) is 93.1 cm³/mol. The highest BCUT2D eigenvalue weighted by Crippen LogP contribution is 2.20. The standard InChI is InChI=1S/C19H17N3O2/c1-2-15-10-6-7-11-16(15)22-17(18(19(23)24)20-21-22)13-12-14-8-4-3-5-9-14/h3-13H,2H2,1H3,(H,23,24)/b13-12+. The first-order chi connectivity index (χ1) is 11.7. The number of aryl methyl sites for hydroxylation is 1.